The summed E-state index contributed by atoms with van der Waals surface area (Å²) in [6.45, 7) is 1.55. The summed E-state index contributed by atoms with van der Waals surface area (Å²) in [5, 5.41) is 30.2. The van der Waals surface area contributed by atoms with Crippen LogP contribution in [0.15, 0.2) is 18.6 Å². The van der Waals surface area contributed by atoms with E-state index >= 15 is 0 Å². The molecule has 0 atom stereocenters. The van der Waals surface area contributed by atoms with Crippen LogP contribution < -0.4 is 0 Å². The van der Waals surface area contributed by atoms with Gasteiger partial charge in [0.15, 0.2) is 5.65 Å². The summed E-state index contributed by atoms with van der Waals surface area (Å²) >= 11 is 0. The monoisotopic (exact) mass is 288 g/mol. The Hall–Kier alpha value is -3.30. The SMILES string of the molecule is Cc1nn2cc(-c3[nH]ncc3[N+](=O)[O-])cnc2c1C(=O)O. The van der Waals surface area contributed by atoms with Gasteiger partial charge in [-0.25, -0.2) is 14.3 Å². The molecule has 3 aromatic rings. The lowest BCUT2D eigenvalue weighted by Gasteiger charge is -1.99. The summed E-state index contributed by atoms with van der Waals surface area (Å²) < 4.78 is 1.28. The van der Waals surface area contributed by atoms with Gasteiger partial charge in [0.1, 0.15) is 17.5 Å². The van der Waals surface area contributed by atoms with Crippen molar-refractivity contribution in [2.45, 2.75) is 6.92 Å². The second kappa shape index (κ2) is 4.37. The number of hydrogen-bond donors (Lipinski definition) is 2. The summed E-state index contributed by atoms with van der Waals surface area (Å²) in [6.07, 6.45) is 3.89. The number of carboxylic acid groups (broad SMARTS) is 1. The van der Waals surface area contributed by atoms with Gasteiger partial charge in [-0.2, -0.15) is 10.2 Å². The number of aryl methyl sites for hydroxylation is 1. The number of H-pyrrole nitrogens is 1. The maximum Gasteiger partial charge on any atom is 0.341 e. The molecule has 3 rings (SSSR count). The number of carboxylic acids is 1. The van der Waals surface area contributed by atoms with Gasteiger partial charge in [-0.3, -0.25) is 15.2 Å². The fourth-order valence-electron chi connectivity index (χ4n) is 2.05. The minimum Gasteiger partial charge on any atom is -0.477 e. The Morgan fingerprint density at radius 2 is 2.24 bits per heavy atom. The molecule has 10 heteroatoms. The lowest BCUT2D eigenvalue weighted by atomic mass is 10.2. The highest BCUT2D eigenvalue weighted by molar-refractivity contribution is 5.95. The molecule has 0 spiro atoms. The van der Waals surface area contributed by atoms with Crippen molar-refractivity contribution in [3.05, 3.63) is 40.0 Å². The number of aromatic nitrogens is 5. The van der Waals surface area contributed by atoms with Crippen LogP contribution in [0.3, 0.4) is 0 Å². The third-order valence-corrected chi connectivity index (χ3v) is 2.97. The molecule has 0 aliphatic heterocycles. The number of rotatable bonds is 3. The smallest absolute Gasteiger partial charge is 0.341 e. The van der Waals surface area contributed by atoms with Gasteiger partial charge in [0.2, 0.25) is 0 Å². The van der Waals surface area contributed by atoms with Gasteiger partial charge in [0.25, 0.3) is 0 Å². The minimum atomic E-state index is -1.13. The topological polar surface area (TPSA) is 139 Å². The molecule has 0 amide bonds. The van der Waals surface area contributed by atoms with E-state index in [1.54, 1.807) is 6.92 Å². The Bertz CT molecular complexity index is 880. The molecule has 0 aromatic carbocycles. The highest BCUT2D eigenvalue weighted by Crippen LogP contribution is 2.27. The zero-order valence-electron chi connectivity index (χ0n) is 10.6. The van der Waals surface area contributed by atoms with Crippen LogP contribution in [0.2, 0.25) is 0 Å². The molecule has 0 unspecified atom stereocenters. The third-order valence-electron chi connectivity index (χ3n) is 2.97. The molecular weight excluding hydrogens is 280 g/mol. The summed E-state index contributed by atoms with van der Waals surface area (Å²) in [4.78, 5) is 25.5. The lowest BCUT2D eigenvalue weighted by Crippen LogP contribution is -1.99. The molecule has 2 N–H and O–H groups in total. The van der Waals surface area contributed by atoms with Crippen LogP contribution >= 0.6 is 0 Å². The van der Waals surface area contributed by atoms with E-state index in [0.29, 0.717) is 11.3 Å². The quantitative estimate of drug-likeness (QED) is 0.541. The molecule has 0 saturated heterocycles. The van der Waals surface area contributed by atoms with Crippen LogP contribution in [0.4, 0.5) is 5.69 Å². The van der Waals surface area contributed by atoms with Gasteiger partial charge in [-0.15, -0.1) is 0 Å². The Morgan fingerprint density at radius 3 is 2.90 bits per heavy atom. The van der Waals surface area contributed by atoms with Crippen molar-refractivity contribution in [2.75, 3.05) is 0 Å². The summed E-state index contributed by atoms with van der Waals surface area (Å²) in [6, 6.07) is 0. The van der Waals surface area contributed by atoms with Crippen LogP contribution in [0, 0.1) is 17.0 Å². The first-order valence-electron chi connectivity index (χ1n) is 5.75. The second-order valence-corrected chi connectivity index (χ2v) is 4.26. The maximum atomic E-state index is 11.2. The van der Waals surface area contributed by atoms with E-state index in [1.807, 2.05) is 0 Å². The fraction of sp³-hybridized carbons (Fsp3) is 0.0909. The summed E-state index contributed by atoms with van der Waals surface area (Å²) in [7, 11) is 0. The van der Waals surface area contributed by atoms with E-state index in [-0.39, 0.29) is 22.6 Å². The Kier molecular flexibility index (Phi) is 2.65. The highest BCUT2D eigenvalue weighted by Gasteiger charge is 2.21. The van der Waals surface area contributed by atoms with Gasteiger partial charge >= 0.3 is 11.7 Å². The molecule has 0 aliphatic carbocycles. The van der Waals surface area contributed by atoms with E-state index in [1.165, 1.54) is 16.9 Å². The first kappa shape index (κ1) is 12.7. The van der Waals surface area contributed by atoms with E-state index in [0.717, 1.165) is 6.20 Å². The zero-order chi connectivity index (χ0) is 15.1. The Labute approximate surface area is 116 Å². The highest BCUT2D eigenvalue weighted by atomic mass is 16.6. The van der Waals surface area contributed by atoms with Gasteiger partial charge in [0, 0.05) is 18.0 Å². The van der Waals surface area contributed by atoms with Gasteiger partial charge in [-0.1, -0.05) is 0 Å². The van der Waals surface area contributed by atoms with Crippen LogP contribution in [-0.4, -0.2) is 40.8 Å². The van der Waals surface area contributed by atoms with Crippen molar-refractivity contribution in [1.82, 2.24) is 24.8 Å². The van der Waals surface area contributed by atoms with Crippen molar-refractivity contribution in [3.63, 3.8) is 0 Å². The van der Waals surface area contributed by atoms with Crippen molar-refractivity contribution in [2.24, 2.45) is 0 Å². The van der Waals surface area contributed by atoms with Gasteiger partial charge < -0.3 is 5.11 Å². The normalized spacial score (nSPS) is 10.9. The number of hydrogen-bond acceptors (Lipinski definition) is 6. The number of nitrogens with zero attached hydrogens (tertiary/aromatic N) is 5. The average Bonchev–Trinajstić information content (AvgIpc) is 2.99. The van der Waals surface area contributed by atoms with E-state index in [2.05, 4.69) is 20.3 Å². The van der Waals surface area contributed by atoms with E-state index in [9.17, 15) is 14.9 Å². The lowest BCUT2D eigenvalue weighted by molar-refractivity contribution is -0.384. The molecular formula is C11H8N6O4. The molecule has 106 valence electrons. The first-order chi connectivity index (χ1) is 9.99. The molecule has 3 heterocycles. The summed E-state index contributed by atoms with van der Waals surface area (Å²) in [5.74, 6) is -1.13. The van der Waals surface area contributed by atoms with Crippen molar-refractivity contribution in [1.29, 1.82) is 0 Å². The van der Waals surface area contributed by atoms with Gasteiger partial charge in [-0.05, 0) is 6.92 Å². The molecule has 0 fully saturated rings. The predicted molar refractivity (Wildman–Crippen MR) is 68.9 cm³/mol. The molecule has 3 aromatic heterocycles. The first-order valence-corrected chi connectivity index (χ1v) is 5.75. The largest absolute Gasteiger partial charge is 0.477 e. The Balaban J connectivity index is 2.21. The minimum absolute atomic E-state index is 0.000612. The molecule has 0 bridgehead atoms. The zero-order valence-corrected chi connectivity index (χ0v) is 10.6. The average molecular weight is 288 g/mol. The van der Waals surface area contributed by atoms with E-state index in [4.69, 9.17) is 5.11 Å². The van der Waals surface area contributed by atoms with Crippen LogP contribution in [0.5, 0.6) is 0 Å². The molecule has 0 saturated carbocycles. The third kappa shape index (κ3) is 1.89. The number of carbonyl (C=O) groups is 1. The molecule has 21 heavy (non-hydrogen) atoms. The summed E-state index contributed by atoms with van der Waals surface area (Å²) in [5.41, 5.74) is 0.849. The maximum absolute atomic E-state index is 11.2. The molecule has 0 radical (unpaired) electrons. The van der Waals surface area contributed by atoms with Crippen molar-refractivity contribution in [3.8, 4) is 11.3 Å². The fourth-order valence-corrected chi connectivity index (χ4v) is 2.05. The number of aromatic amines is 1. The predicted octanol–water partition coefficient (Wildman–Crippen LogP) is 1.03. The molecule has 0 aliphatic rings. The van der Waals surface area contributed by atoms with Crippen LogP contribution in [0.25, 0.3) is 16.9 Å². The Morgan fingerprint density at radius 1 is 1.48 bits per heavy atom. The van der Waals surface area contributed by atoms with Crippen molar-refractivity contribution >= 4 is 17.3 Å². The van der Waals surface area contributed by atoms with E-state index < -0.39 is 10.9 Å². The number of fused-ring (bicyclic) bond motifs is 1. The number of aromatic carboxylic acids is 1. The van der Waals surface area contributed by atoms with Crippen LogP contribution in [-0.2, 0) is 0 Å². The number of nitro groups is 1. The van der Waals surface area contributed by atoms with Gasteiger partial charge in [0.05, 0.1) is 10.6 Å². The second-order valence-electron chi connectivity index (χ2n) is 4.26. The molecule has 10 nitrogen and oxygen atoms in total. The standard InChI is InChI=1S/C11H8N6O4/c1-5-8(11(18)19)10-12-2-6(4-16(10)15-5)9-7(17(20)21)3-13-14-9/h2-4H,1H3,(H,13,14)(H,18,19). The van der Waals surface area contributed by atoms with Crippen molar-refractivity contribution < 1.29 is 14.8 Å². The number of nitrogens with one attached hydrogen (secondary N) is 1. The van der Waals surface area contributed by atoms with Crippen LogP contribution in [0.1, 0.15) is 16.1 Å².